The van der Waals surface area contributed by atoms with Crippen molar-refractivity contribution < 1.29 is 0 Å². The molecule has 0 aromatic rings. The molecular formula is C18H34N2. The van der Waals surface area contributed by atoms with Crippen molar-refractivity contribution >= 4 is 0 Å². The second kappa shape index (κ2) is 5.61. The molecule has 2 heteroatoms. The summed E-state index contributed by atoms with van der Waals surface area (Å²) < 4.78 is 0. The lowest BCUT2D eigenvalue weighted by atomic mass is 9.82. The Balaban J connectivity index is 1.75. The van der Waals surface area contributed by atoms with Crippen LogP contribution in [0, 0.1) is 11.8 Å². The standard InChI is InChI=1S/C18H34N2/c1-4-15(5-2)12-20-14-17(3,16-8-9-16)19-13-18(20)10-6-7-11-18/h15-16,19H,4-14H2,1-3H3. The number of hydrogen-bond acceptors (Lipinski definition) is 2. The summed E-state index contributed by atoms with van der Waals surface area (Å²) in [5.41, 5.74) is 0.914. The van der Waals surface area contributed by atoms with E-state index in [-0.39, 0.29) is 0 Å². The monoisotopic (exact) mass is 278 g/mol. The van der Waals surface area contributed by atoms with E-state index in [1.807, 2.05) is 0 Å². The normalized spacial score (nSPS) is 34.2. The first-order valence-corrected chi connectivity index (χ1v) is 9.12. The number of hydrogen-bond donors (Lipinski definition) is 1. The van der Waals surface area contributed by atoms with E-state index in [0.29, 0.717) is 11.1 Å². The van der Waals surface area contributed by atoms with Crippen LogP contribution < -0.4 is 5.32 Å². The molecule has 1 atom stereocenters. The van der Waals surface area contributed by atoms with Crippen molar-refractivity contribution in [1.29, 1.82) is 0 Å². The van der Waals surface area contributed by atoms with Gasteiger partial charge in [0.2, 0.25) is 0 Å². The minimum Gasteiger partial charge on any atom is -0.308 e. The summed E-state index contributed by atoms with van der Waals surface area (Å²) in [4.78, 5) is 2.94. The third kappa shape index (κ3) is 2.66. The van der Waals surface area contributed by atoms with Crippen molar-refractivity contribution in [1.82, 2.24) is 10.2 Å². The molecule has 1 saturated heterocycles. The fraction of sp³-hybridized carbons (Fsp3) is 1.00. The summed E-state index contributed by atoms with van der Waals surface area (Å²) >= 11 is 0. The second-order valence-corrected chi connectivity index (χ2v) is 8.04. The Morgan fingerprint density at radius 2 is 1.80 bits per heavy atom. The van der Waals surface area contributed by atoms with Crippen LogP contribution >= 0.6 is 0 Å². The maximum absolute atomic E-state index is 3.99. The summed E-state index contributed by atoms with van der Waals surface area (Å²) in [5.74, 6) is 1.85. The molecular weight excluding hydrogens is 244 g/mol. The zero-order chi connectivity index (χ0) is 14.2. The lowest BCUT2D eigenvalue weighted by molar-refractivity contribution is -0.00584. The number of piperazine rings is 1. The van der Waals surface area contributed by atoms with Gasteiger partial charge in [-0.1, -0.05) is 39.5 Å². The zero-order valence-electron chi connectivity index (χ0n) is 13.9. The summed E-state index contributed by atoms with van der Waals surface area (Å²) in [7, 11) is 0. The maximum Gasteiger partial charge on any atom is 0.0335 e. The van der Waals surface area contributed by atoms with E-state index >= 15 is 0 Å². The molecule has 1 heterocycles. The molecule has 3 fully saturated rings. The molecule has 1 unspecified atom stereocenters. The highest BCUT2D eigenvalue weighted by Gasteiger charge is 2.51. The molecule has 0 aromatic heterocycles. The van der Waals surface area contributed by atoms with E-state index in [1.54, 1.807) is 0 Å². The van der Waals surface area contributed by atoms with Crippen molar-refractivity contribution in [2.45, 2.75) is 83.2 Å². The molecule has 3 aliphatic rings. The molecule has 116 valence electrons. The van der Waals surface area contributed by atoms with E-state index in [9.17, 15) is 0 Å². The molecule has 2 nitrogen and oxygen atoms in total. The van der Waals surface area contributed by atoms with Crippen LogP contribution in [0.3, 0.4) is 0 Å². The fourth-order valence-electron chi connectivity index (χ4n) is 4.74. The minimum atomic E-state index is 0.403. The molecule has 2 saturated carbocycles. The Labute approximate surface area is 125 Å². The lowest BCUT2D eigenvalue weighted by Gasteiger charge is -2.53. The quantitative estimate of drug-likeness (QED) is 0.822. The molecule has 0 amide bonds. The first kappa shape index (κ1) is 14.8. The van der Waals surface area contributed by atoms with Gasteiger partial charge in [0.15, 0.2) is 0 Å². The van der Waals surface area contributed by atoms with Gasteiger partial charge in [-0.15, -0.1) is 0 Å². The molecule has 1 aliphatic heterocycles. The second-order valence-electron chi connectivity index (χ2n) is 8.04. The highest BCUT2D eigenvalue weighted by Crippen LogP contribution is 2.46. The molecule has 0 bridgehead atoms. The Morgan fingerprint density at radius 1 is 1.15 bits per heavy atom. The van der Waals surface area contributed by atoms with E-state index in [2.05, 4.69) is 31.0 Å². The number of nitrogens with one attached hydrogen (secondary N) is 1. The van der Waals surface area contributed by atoms with Crippen molar-refractivity contribution in [2.24, 2.45) is 11.8 Å². The van der Waals surface area contributed by atoms with E-state index in [0.717, 1.165) is 11.8 Å². The van der Waals surface area contributed by atoms with Crippen LogP contribution in [0.15, 0.2) is 0 Å². The molecule has 1 N–H and O–H groups in total. The summed E-state index contributed by atoms with van der Waals surface area (Å²) in [6.45, 7) is 11.1. The van der Waals surface area contributed by atoms with Gasteiger partial charge in [0.25, 0.3) is 0 Å². The largest absolute Gasteiger partial charge is 0.308 e. The van der Waals surface area contributed by atoms with Crippen LogP contribution in [0.2, 0.25) is 0 Å². The number of rotatable bonds is 5. The predicted molar refractivity (Wildman–Crippen MR) is 86.0 cm³/mol. The van der Waals surface area contributed by atoms with E-state index in [4.69, 9.17) is 0 Å². The highest BCUT2D eigenvalue weighted by molar-refractivity contribution is 5.10. The minimum absolute atomic E-state index is 0.403. The van der Waals surface area contributed by atoms with Gasteiger partial charge in [0.05, 0.1) is 0 Å². The predicted octanol–water partition coefficient (Wildman–Crippen LogP) is 3.81. The highest BCUT2D eigenvalue weighted by atomic mass is 15.3. The van der Waals surface area contributed by atoms with Gasteiger partial charge in [-0.05, 0) is 44.4 Å². The molecule has 2 aliphatic carbocycles. The van der Waals surface area contributed by atoms with Gasteiger partial charge in [-0.25, -0.2) is 0 Å². The smallest absolute Gasteiger partial charge is 0.0335 e. The van der Waals surface area contributed by atoms with Gasteiger partial charge in [0, 0.05) is 30.7 Å². The zero-order valence-corrected chi connectivity index (χ0v) is 13.9. The molecule has 1 spiro atoms. The topological polar surface area (TPSA) is 15.3 Å². The van der Waals surface area contributed by atoms with Gasteiger partial charge in [-0.3, -0.25) is 4.90 Å². The molecule has 3 rings (SSSR count). The van der Waals surface area contributed by atoms with Crippen LogP contribution in [0.4, 0.5) is 0 Å². The summed E-state index contributed by atoms with van der Waals surface area (Å²) in [6.07, 6.45) is 11.3. The van der Waals surface area contributed by atoms with E-state index in [1.165, 1.54) is 71.0 Å². The van der Waals surface area contributed by atoms with Crippen LogP contribution in [0.25, 0.3) is 0 Å². The lowest BCUT2D eigenvalue weighted by Crippen LogP contribution is -2.69. The Bertz CT molecular complexity index is 326. The van der Waals surface area contributed by atoms with Crippen molar-refractivity contribution in [3.05, 3.63) is 0 Å². The Hall–Kier alpha value is -0.0800. The van der Waals surface area contributed by atoms with Gasteiger partial charge in [-0.2, -0.15) is 0 Å². The number of nitrogens with zero attached hydrogens (tertiary/aromatic N) is 1. The van der Waals surface area contributed by atoms with Crippen LogP contribution in [-0.4, -0.2) is 35.6 Å². The first-order valence-electron chi connectivity index (χ1n) is 9.12. The van der Waals surface area contributed by atoms with E-state index < -0.39 is 0 Å². The van der Waals surface area contributed by atoms with Gasteiger partial charge in [0.1, 0.15) is 0 Å². The van der Waals surface area contributed by atoms with Crippen LogP contribution in [0.1, 0.15) is 72.1 Å². The average Bonchev–Trinajstić information content (AvgIpc) is 3.22. The Morgan fingerprint density at radius 3 is 2.35 bits per heavy atom. The first-order chi connectivity index (χ1) is 9.62. The third-order valence-corrected chi connectivity index (χ3v) is 6.66. The van der Waals surface area contributed by atoms with Gasteiger partial charge >= 0.3 is 0 Å². The fourth-order valence-corrected chi connectivity index (χ4v) is 4.74. The van der Waals surface area contributed by atoms with Crippen molar-refractivity contribution in [2.75, 3.05) is 19.6 Å². The molecule has 0 radical (unpaired) electrons. The average molecular weight is 278 g/mol. The Kier molecular flexibility index (Phi) is 4.16. The summed E-state index contributed by atoms with van der Waals surface area (Å²) in [5, 5.41) is 3.99. The van der Waals surface area contributed by atoms with Crippen molar-refractivity contribution in [3.8, 4) is 0 Å². The maximum atomic E-state index is 3.99. The van der Waals surface area contributed by atoms with Gasteiger partial charge < -0.3 is 5.32 Å². The third-order valence-electron chi connectivity index (χ3n) is 6.66. The van der Waals surface area contributed by atoms with Crippen molar-refractivity contribution in [3.63, 3.8) is 0 Å². The molecule has 20 heavy (non-hydrogen) atoms. The van der Waals surface area contributed by atoms with Crippen LogP contribution in [0.5, 0.6) is 0 Å². The summed E-state index contributed by atoms with van der Waals surface area (Å²) in [6, 6.07) is 0. The SMILES string of the molecule is CCC(CC)CN1CC(C)(C2CC2)NCC12CCCC2. The van der Waals surface area contributed by atoms with Crippen LogP contribution in [-0.2, 0) is 0 Å². The molecule has 0 aromatic carbocycles.